The number of carbonyl (C=O) groups excluding carboxylic acids is 2. The Kier molecular flexibility index (Phi) is 5.67. The lowest BCUT2D eigenvalue weighted by atomic mass is 10.0. The van der Waals surface area contributed by atoms with E-state index in [4.69, 9.17) is 16.3 Å². The summed E-state index contributed by atoms with van der Waals surface area (Å²) < 4.78 is 5.05. The van der Waals surface area contributed by atoms with Gasteiger partial charge in [0.05, 0.1) is 23.9 Å². The first-order chi connectivity index (χ1) is 11.3. The number of rotatable bonds is 6. The van der Waals surface area contributed by atoms with E-state index in [1.807, 2.05) is 12.1 Å². The van der Waals surface area contributed by atoms with Gasteiger partial charge in [0.25, 0.3) is 0 Å². The van der Waals surface area contributed by atoms with Crippen LogP contribution in [0.1, 0.15) is 46.0 Å². The van der Waals surface area contributed by atoms with E-state index in [1.54, 1.807) is 39.8 Å². The molecule has 2 aromatic rings. The van der Waals surface area contributed by atoms with Crippen LogP contribution >= 0.6 is 11.6 Å². The monoisotopic (exact) mass is 348 g/mol. The molecular formula is C18H21ClN2O3. The van der Waals surface area contributed by atoms with Crippen LogP contribution in [-0.2, 0) is 4.74 Å². The molecule has 128 valence electrons. The number of halogens is 1. The maximum atomic E-state index is 12.7. The molecule has 5 nitrogen and oxygen atoms in total. The van der Waals surface area contributed by atoms with Crippen molar-refractivity contribution in [2.24, 2.45) is 0 Å². The van der Waals surface area contributed by atoms with Gasteiger partial charge in [-0.2, -0.15) is 0 Å². The third-order valence-electron chi connectivity index (χ3n) is 3.78. The Morgan fingerprint density at radius 2 is 1.88 bits per heavy atom. The van der Waals surface area contributed by atoms with Crippen LogP contribution in [-0.4, -0.2) is 29.4 Å². The van der Waals surface area contributed by atoms with Gasteiger partial charge < -0.3 is 15.0 Å². The van der Waals surface area contributed by atoms with Crippen LogP contribution in [0.4, 0.5) is 5.69 Å². The molecule has 0 aliphatic carbocycles. The fraction of sp³-hybridized carbons (Fsp3) is 0.333. The normalized spacial score (nSPS) is 11.9. The van der Waals surface area contributed by atoms with Crippen molar-refractivity contribution < 1.29 is 14.3 Å². The smallest absolute Gasteiger partial charge is 0.340 e. The van der Waals surface area contributed by atoms with Gasteiger partial charge in [0.15, 0.2) is 0 Å². The number of aryl methyl sites for hydroxylation is 1. The van der Waals surface area contributed by atoms with Gasteiger partial charge in [-0.15, -0.1) is 0 Å². The van der Waals surface area contributed by atoms with Crippen molar-refractivity contribution >= 4 is 29.0 Å². The van der Waals surface area contributed by atoms with E-state index in [0.717, 1.165) is 5.69 Å². The minimum absolute atomic E-state index is 0.124. The maximum Gasteiger partial charge on any atom is 0.340 e. The Balaban J connectivity index is 2.21. The standard InChI is InChI=1S/C18H21ClN2O3/c1-5-24-18(23)15-10(2)16(21-11(15)3)17(22)12(4)20-14-8-6-13(19)7-9-14/h6-9,12,20-21H,5H2,1-4H3/t12-/m0/s1. The number of hydrogen-bond acceptors (Lipinski definition) is 4. The Labute approximate surface area is 146 Å². The summed E-state index contributed by atoms with van der Waals surface area (Å²) in [5.41, 5.74) is 2.89. The molecule has 6 heteroatoms. The first-order valence-corrected chi connectivity index (χ1v) is 8.15. The van der Waals surface area contributed by atoms with Gasteiger partial charge in [0.1, 0.15) is 0 Å². The van der Waals surface area contributed by atoms with Crippen molar-refractivity contribution in [1.29, 1.82) is 0 Å². The summed E-state index contributed by atoms with van der Waals surface area (Å²) in [6.45, 7) is 7.32. The molecule has 0 spiro atoms. The number of aromatic nitrogens is 1. The summed E-state index contributed by atoms with van der Waals surface area (Å²) >= 11 is 5.86. The summed E-state index contributed by atoms with van der Waals surface area (Å²) in [5.74, 6) is -0.540. The van der Waals surface area contributed by atoms with E-state index in [2.05, 4.69) is 10.3 Å². The average Bonchev–Trinajstić information content (AvgIpc) is 2.83. The van der Waals surface area contributed by atoms with Gasteiger partial charge in [0, 0.05) is 16.4 Å². The highest BCUT2D eigenvalue weighted by atomic mass is 35.5. The third kappa shape index (κ3) is 3.79. The number of H-pyrrole nitrogens is 1. The van der Waals surface area contributed by atoms with Gasteiger partial charge in [-0.3, -0.25) is 4.79 Å². The van der Waals surface area contributed by atoms with E-state index in [-0.39, 0.29) is 5.78 Å². The van der Waals surface area contributed by atoms with Gasteiger partial charge in [-0.05, 0) is 57.5 Å². The Hall–Kier alpha value is -2.27. The molecule has 0 radical (unpaired) electrons. The van der Waals surface area contributed by atoms with Crippen molar-refractivity contribution in [3.05, 3.63) is 51.8 Å². The molecule has 0 aliphatic heterocycles. The quantitative estimate of drug-likeness (QED) is 0.607. The number of Topliss-reactive ketones (excluding diaryl/α,β-unsaturated/α-hetero) is 1. The van der Waals surface area contributed by atoms with Crippen LogP contribution < -0.4 is 5.32 Å². The van der Waals surface area contributed by atoms with Crippen molar-refractivity contribution in [3.63, 3.8) is 0 Å². The van der Waals surface area contributed by atoms with Crippen LogP contribution in [0, 0.1) is 13.8 Å². The zero-order valence-electron chi connectivity index (χ0n) is 14.2. The molecule has 2 N–H and O–H groups in total. The average molecular weight is 349 g/mol. The molecule has 0 unspecified atom stereocenters. The molecule has 0 saturated heterocycles. The molecule has 0 aliphatic rings. The van der Waals surface area contributed by atoms with Gasteiger partial charge in [-0.1, -0.05) is 11.6 Å². The maximum absolute atomic E-state index is 12.7. The molecule has 1 atom stereocenters. The number of carbonyl (C=O) groups is 2. The van der Waals surface area contributed by atoms with Crippen LogP contribution in [0.25, 0.3) is 0 Å². The third-order valence-corrected chi connectivity index (χ3v) is 4.04. The molecule has 0 amide bonds. The summed E-state index contributed by atoms with van der Waals surface area (Å²) in [5, 5.41) is 3.77. The number of esters is 1. The fourth-order valence-electron chi connectivity index (χ4n) is 2.58. The first-order valence-electron chi connectivity index (χ1n) is 7.77. The zero-order valence-corrected chi connectivity index (χ0v) is 15.0. The number of anilines is 1. The van der Waals surface area contributed by atoms with Crippen LogP contribution in [0.15, 0.2) is 24.3 Å². The van der Waals surface area contributed by atoms with Gasteiger partial charge >= 0.3 is 5.97 Å². The minimum Gasteiger partial charge on any atom is -0.462 e. The number of aromatic amines is 1. The summed E-state index contributed by atoms with van der Waals surface area (Å²) in [4.78, 5) is 27.8. The lowest BCUT2D eigenvalue weighted by molar-refractivity contribution is 0.0525. The van der Waals surface area contributed by atoms with E-state index >= 15 is 0 Å². The number of hydrogen-bond donors (Lipinski definition) is 2. The summed E-state index contributed by atoms with van der Waals surface area (Å²) in [6.07, 6.45) is 0. The molecule has 1 heterocycles. The number of nitrogens with one attached hydrogen (secondary N) is 2. The lowest BCUT2D eigenvalue weighted by Gasteiger charge is -2.14. The number of ketones is 1. The molecule has 0 saturated carbocycles. The van der Waals surface area contributed by atoms with Crippen LogP contribution in [0.5, 0.6) is 0 Å². The van der Waals surface area contributed by atoms with Gasteiger partial charge in [0.2, 0.25) is 5.78 Å². The molecule has 0 bridgehead atoms. The molecule has 24 heavy (non-hydrogen) atoms. The molecule has 2 rings (SSSR count). The summed E-state index contributed by atoms with van der Waals surface area (Å²) in [6, 6.07) is 6.66. The predicted molar refractivity (Wildman–Crippen MR) is 95.1 cm³/mol. The second kappa shape index (κ2) is 7.53. The minimum atomic E-state index is -0.460. The predicted octanol–water partition coefficient (Wildman–Crippen LogP) is 4.14. The van der Waals surface area contributed by atoms with Gasteiger partial charge in [-0.25, -0.2) is 4.79 Å². The van der Waals surface area contributed by atoms with E-state index in [0.29, 0.717) is 34.1 Å². The molecular weight excluding hydrogens is 328 g/mol. The van der Waals surface area contributed by atoms with Crippen molar-refractivity contribution in [1.82, 2.24) is 4.98 Å². The van der Waals surface area contributed by atoms with Crippen molar-refractivity contribution in [3.8, 4) is 0 Å². The Morgan fingerprint density at radius 1 is 1.25 bits per heavy atom. The second-order valence-corrected chi connectivity index (χ2v) is 6.02. The zero-order chi connectivity index (χ0) is 17.9. The second-order valence-electron chi connectivity index (χ2n) is 5.58. The largest absolute Gasteiger partial charge is 0.462 e. The van der Waals surface area contributed by atoms with Crippen molar-refractivity contribution in [2.45, 2.75) is 33.7 Å². The van der Waals surface area contributed by atoms with Crippen LogP contribution in [0.3, 0.4) is 0 Å². The van der Waals surface area contributed by atoms with E-state index in [1.165, 1.54) is 0 Å². The summed E-state index contributed by atoms with van der Waals surface area (Å²) in [7, 11) is 0. The lowest BCUT2D eigenvalue weighted by Crippen LogP contribution is -2.27. The number of ether oxygens (including phenoxy) is 1. The fourth-order valence-corrected chi connectivity index (χ4v) is 2.71. The highest BCUT2D eigenvalue weighted by Gasteiger charge is 2.25. The van der Waals surface area contributed by atoms with Crippen LogP contribution in [0.2, 0.25) is 5.02 Å². The first kappa shape index (κ1) is 18.1. The Morgan fingerprint density at radius 3 is 2.46 bits per heavy atom. The molecule has 1 aromatic carbocycles. The van der Waals surface area contributed by atoms with E-state index in [9.17, 15) is 9.59 Å². The van der Waals surface area contributed by atoms with E-state index < -0.39 is 12.0 Å². The topological polar surface area (TPSA) is 71.2 Å². The SMILES string of the molecule is CCOC(=O)c1c(C)[nH]c(C(=O)[C@H](C)Nc2ccc(Cl)cc2)c1C. The molecule has 0 fully saturated rings. The van der Waals surface area contributed by atoms with Crippen molar-refractivity contribution in [2.75, 3.05) is 11.9 Å². The highest BCUT2D eigenvalue weighted by molar-refractivity contribution is 6.30. The number of benzene rings is 1. The highest BCUT2D eigenvalue weighted by Crippen LogP contribution is 2.21. The molecule has 1 aromatic heterocycles. The Bertz CT molecular complexity index is 750.